The van der Waals surface area contributed by atoms with Gasteiger partial charge in [0, 0.05) is 38.2 Å². The van der Waals surface area contributed by atoms with E-state index in [-0.39, 0.29) is 5.91 Å². The van der Waals surface area contributed by atoms with Gasteiger partial charge in [-0.05, 0) is 44.9 Å². The van der Waals surface area contributed by atoms with Gasteiger partial charge in [0.05, 0.1) is 0 Å². The molecule has 2 N–H and O–H groups in total. The molecule has 1 amide bonds. The number of nitrogens with zero attached hydrogens (tertiary/aromatic N) is 3. The van der Waals surface area contributed by atoms with Crippen molar-refractivity contribution >= 4 is 17.5 Å². The van der Waals surface area contributed by atoms with Crippen molar-refractivity contribution in [2.45, 2.75) is 51.5 Å². The molecule has 6 nitrogen and oxygen atoms in total. The molecule has 126 valence electrons. The topological polar surface area (TPSA) is 70.2 Å². The molecular weight excluding hydrogens is 290 g/mol. The molecule has 1 saturated heterocycles. The second-order valence-corrected chi connectivity index (χ2v) is 6.60. The fourth-order valence-electron chi connectivity index (χ4n) is 3.11. The maximum atomic E-state index is 11.6. The van der Waals surface area contributed by atoms with Gasteiger partial charge in [0.1, 0.15) is 18.0 Å². The maximum Gasteiger partial charge on any atom is 0.219 e. The Morgan fingerprint density at radius 2 is 2.04 bits per heavy atom. The molecule has 0 bridgehead atoms. The van der Waals surface area contributed by atoms with Gasteiger partial charge < -0.3 is 15.5 Å². The summed E-state index contributed by atoms with van der Waals surface area (Å²) in [5.74, 6) is 2.79. The van der Waals surface area contributed by atoms with E-state index in [1.165, 1.54) is 12.8 Å². The lowest BCUT2D eigenvalue weighted by Crippen LogP contribution is -2.34. The zero-order chi connectivity index (χ0) is 16.1. The van der Waals surface area contributed by atoms with Crippen molar-refractivity contribution < 1.29 is 4.79 Å². The van der Waals surface area contributed by atoms with E-state index in [1.807, 2.05) is 6.92 Å². The summed E-state index contributed by atoms with van der Waals surface area (Å²) in [4.78, 5) is 22.6. The number of anilines is 2. The molecule has 2 fully saturated rings. The Balaban J connectivity index is 1.45. The number of nitrogens with one attached hydrogen (secondary N) is 2. The smallest absolute Gasteiger partial charge is 0.219 e. The van der Waals surface area contributed by atoms with Crippen LogP contribution < -0.4 is 15.5 Å². The van der Waals surface area contributed by atoms with Crippen molar-refractivity contribution in [3.8, 4) is 0 Å². The lowest BCUT2D eigenvalue weighted by Gasteiger charge is -2.32. The Kier molecular flexibility index (Phi) is 5.31. The van der Waals surface area contributed by atoms with Gasteiger partial charge in [-0.1, -0.05) is 0 Å². The average Bonchev–Trinajstić information content (AvgIpc) is 3.38. The molecule has 0 radical (unpaired) electrons. The number of carbonyl (C=O) groups excluding carboxylic acids is 1. The third-order valence-electron chi connectivity index (χ3n) is 4.67. The third kappa shape index (κ3) is 4.81. The third-order valence-corrected chi connectivity index (χ3v) is 4.67. The highest BCUT2D eigenvalue weighted by atomic mass is 16.1. The van der Waals surface area contributed by atoms with E-state index in [0.29, 0.717) is 18.4 Å². The molecule has 6 heteroatoms. The second kappa shape index (κ2) is 7.62. The molecule has 1 saturated carbocycles. The lowest BCUT2D eigenvalue weighted by atomic mass is 9.92. The van der Waals surface area contributed by atoms with Crippen molar-refractivity contribution in [1.82, 2.24) is 15.3 Å². The number of amides is 1. The summed E-state index contributed by atoms with van der Waals surface area (Å²) in [6, 6.07) is 2.67. The monoisotopic (exact) mass is 317 g/mol. The summed E-state index contributed by atoms with van der Waals surface area (Å²) in [7, 11) is 0. The molecule has 0 unspecified atom stereocenters. The number of piperidine rings is 1. The first-order chi connectivity index (χ1) is 11.2. The van der Waals surface area contributed by atoms with E-state index >= 15 is 0 Å². The van der Waals surface area contributed by atoms with Crippen LogP contribution in [0, 0.1) is 5.92 Å². The SMILES string of the molecule is CCNC(=O)CCC1CCN(c2cc(NC3CC3)ncn2)CC1. The van der Waals surface area contributed by atoms with Crippen LogP contribution in [0.5, 0.6) is 0 Å². The predicted molar refractivity (Wildman–Crippen MR) is 91.5 cm³/mol. The minimum atomic E-state index is 0.182. The first-order valence-corrected chi connectivity index (χ1v) is 8.85. The Labute approximate surface area is 138 Å². The minimum Gasteiger partial charge on any atom is -0.367 e. The number of aromatic nitrogens is 2. The maximum absolute atomic E-state index is 11.6. The summed E-state index contributed by atoms with van der Waals surface area (Å²) in [5.41, 5.74) is 0. The minimum absolute atomic E-state index is 0.182. The van der Waals surface area contributed by atoms with Crippen LogP contribution in [0.1, 0.15) is 45.4 Å². The van der Waals surface area contributed by atoms with Gasteiger partial charge in [-0.25, -0.2) is 9.97 Å². The van der Waals surface area contributed by atoms with E-state index in [9.17, 15) is 4.79 Å². The van der Waals surface area contributed by atoms with E-state index in [2.05, 4.69) is 31.6 Å². The molecule has 1 aliphatic heterocycles. The zero-order valence-electron chi connectivity index (χ0n) is 13.9. The van der Waals surface area contributed by atoms with E-state index < -0.39 is 0 Å². The molecular formula is C17H27N5O. The quantitative estimate of drug-likeness (QED) is 0.806. The van der Waals surface area contributed by atoms with E-state index in [4.69, 9.17) is 0 Å². The van der Waals surface area contributed by atoms with Gasteiger partial charge in [0.15, 0.2) is 0 Å². The van der Waals surface area contributed by atoms with Gasteiger partial charge in [0.2, 0.25) is 5.91 Å². The summed E-state index contributed by atoms with van der Waals surface area (Å²) >= 11 is 0. The van der Waals surface area contributed by atoms with Gasteiger partial charge in [-0.15, -0.1) is 0 Å². The van der Waals surface area contributed by atoms with Crippen LogP contribution >= 0.6 is 0 Å². The predicted octanol–water partition coefficient (Wildman–Crippen LogP) is 2.18. The molecule has 2 aliphatic rings. The molecule has 2 heterocycles. The Bertz CT molecular complexity index is 523. The number of rotatable bonds is 7. The van der Waals surface area contributed by atoms with Gasteiger partial charge in [-0.2, -0.15) is 0 Å². The highest BCUT2D eigenvalue weighted by molar-refractivity contribution is 5.75. The molecule has 23 heavy (non-hydrogen) atoms. The van der Waals surface area contributed by atoms with Crippen LogP contribution in [-0.2, 0) is 4.79 Å². The van der Waals surface area contributed by atoms with Crippen molar-refractivity contribution in [2.24, 2.45) is 5.92 Å². The van der Waals surface area contributed by atoms with Crippen molar-refractivity contribution in [3.05, 3.63) is 12.4 Å². The lowest BCUT2D eigenvalue weighted by molar-refractivity contribution is -0.121. The first kappa shape index (κ1) is 16.0. The molecule has 3 rings (SSSR count). The van der Waals surface area contributed by atoms with Gasteiger partial charge in [-0.3, -0.25) is 4.79 Å². The Morgan fingerprint density at radius 3 is 2.74 bits per heavy atom. The standard InChI is InChI=1S/C17H27N5O/c1-2-18-17(23)6-3-13-7-9-22(10-8-13)16-11-15(19-12-20-16)21-14-4-5-14/h11-14H,2-10H2,1H3,(H,18,23)(H,19,20,21). The van der Waals surface area contributed by atoms with Crippen LogP contribution in [0.2, 0.25) is 0 Å². The first-order valence-electron chi connectivity index (χ1n) is 8.85. The van der Waals surface area contributed by atoms with Crippen LogP contribution in [0.4, 0.5) is 11.6 Å². The van der Waals surface area contributed by atoms with E-state index in [0.717, 1.165) is 50.5 Å². The molecule has 1 aromatic rings. The largest absolute Gasteiger partial charge is 0.367 e. The van der Waals surface area contributed by atoms with Crippen LogP contribution in [0.15, 0.2) is 12.4 Å². The fourth-order valence-corrected chi connectivity index (χ4v) is 3.11. The molecule has 1 aromatic heterocycles. The van der Waals surface area contributed by atoms with E-state index in [1.54, 1.807) is 6.33 Å². The van der Waals surface area contributed by atoms with Crippen LogP contribution in [0.3, 0.4) is 0 Å². The van der Waals surface area contributed by atoms with Crippen LogP contribution in [0.25, 0.3) is 0 Å². The Hall–Kier alpha value is -1.85. The molecule has 0 aromatic carbocycles. The summed E-state index contributed by atoms with van der Waals surface area (Å²) in [5, 5.41) is 6.30. The highest BCUT2D eigenvalue weighted by Crippen LogP contribution is 2.27. The summed E-state index contributed by atoms with van der Waals surface area (Å²) in [6.45, 7) is 4.71. The van der Waals surface area contributed by atoms with Gasteiger partial charge >= 0.3 is 0 Å². The summed E-state index contributed by atoms with van der Waals surface area (Å²) < 4.78 is 0. The van der Waals surface area contributed by atoms with Crippen LogP contribution in [-0.4, -0.2) is 41.6 Å². The zero-order valence-corrected chi connectivity index (χ0v) is 13.9. The average molecular weight is 317 g/mol. The normalized spacial score (nSPS) is 18.7. The van der Waals surface area contributed by atoms with Gasteiger partial charge in [0.25, 0.3) is 0 Å². The Morgan fingerprint density at radius 1 is 1.26 bits per heavy atom. The number of carbonyl (C=O) groups is 1. The molecule has 1 aliphatic carbocycles. The molecule has 0 spiro atoms. The van der Waals surface area contributed by atoms with Crippen molar-refractivity contribution in [1.29, 1.82) is 0 Å². The second-order valence-electron chi connectivity index (χ2n) is 6.60. The highest BCUT2D eigenvalue weighted by Gasteiger charge is 2.23. The van der Waals surface area contributed by atoms with Crippen molar-refractivity contribution in [3.63, 3.8) is 0 Å². The molecule has 0 atom stereocenters. The number of hydrogen-bond acceptors (Lipinski definition) is 5. The fraction of sp³-hybridized carbons (Fsp3) is 0.706. The summed E-state index contributed by atoms with van der Waals surface area (Å²) in [6.07, 6.45) is 8.07. The number of hydrogen-bond donors (Lipinski definition) is 2. The van der Waals surface area contributed by atoms with Crippen molar-refractivity contribution in [2.75, 3.05) is 29.9 Å².